The minimum absolute atomic E-state index is 0.0602. The fourth-order valence-electron chi connectivity index (χ4n) is 0.172. The zero-order valence-corrected chi connectivity index (χ0v) is 4.34. The Hall–Kier alpha value is -1.55. The average molecular weight is 108 g/mol. The van der Waals surface area contributed by atoms with Crippen LogP contribution in [0.25, 0.3) is 0 Å². The maximum Gasteiger partial charge on any atom is 0.200 e. The molecule has 1 N–H and O–H groups in total. The Kier molecular flexibility index (Phi) is 2.09. The Balaban J connectivity index is 4.02. The second-order valence-electron chi connectivity index (χ2n) is 1.12. The molecule has 4 nitrogen and oxygen atoms in total. The van der Waals surface area contributed by atoms with Crippen molar-refractivity contribution in [2.75, 3.05) is 0 Å². The molecular weight excluding hydrogens is 104 g/mol. The molecule has 0 aliphatic carbocycles. The minimum atomic E-state index is -0.0602. The highest BCUT2D eigenvalue weighted by Gasteiger charge is 1.97. The summed E-state index contributed by atoms with van der Waals surface area (Å²) in [6, 6.07) is 0. The van der Waals surface area contributed by atoms with E-state index in [0.29, 0.717) is 4.90 Å². The van der Waals surface area contributed by atoms with Crippen LogP contribution in [-0.2, 0) is 0 Å². The highest BCUT2D eigenvalue weighted by atomic mass is 15.1. The highest BCUT2D eigenvalue weighted by molar-refractivity contribution is 5.79. The number of amidine groups is 1. The van der Waals surface area contributed by atoms with Gasteiger partial charge in [0, 0.05) is 0 Å². The number of nitrogens with one attached hydrogen (secondary N) is 1. The number of rotatable bonds is 0. The number of nitrogens with zero attached hydrogens (tertiary/aromatic N) is 3. The fraction of sp³-hybridized carbons (Fsp3) is 0.250. The number of hydrogen-bond acceptors (Lipinski definition) is 3. The van der Waals surface area contributed by atoms with Crippen molar-refractivity contribution in [1.29, 1.82) is 15.9 Å². The largest absolute Gasteiger partial charge is 0.287 e. The zero-order valence-electron chi connectivity index (χ0n) is 4.34. The van der Waals surface area contributed by atoms with Crippen LogP contribution in [0.4, 0.5) is 0 Å². The Morgan fingerprint density at radius 2 is 1.88 bits per heavy atom. The van der Waals surface area contributed by atoms with Gasteiger partial charge in [-0.1, -0.05) is 0 Å². The highest BCUT2D eigenvalue weighted by Crippen LogP contribution is 1.79. The first kappa shape index (κ1) is 6.45. The third kappa shape index (κ3) is 1.27. The first-order valence-electron chi connectivity index (χ1n) is 1.87. The summed E-state index contributed by atoms with van der Waals surface area (Å²) in [6.07, 6.45) is 3.00. The average Bonchev–Trinajstić information content (AvgIpc) is 1.69. The Labute approximate surface area is 47.1 Å². The van der Waals surface area contributed by atoms with E-state index < -0.39 is 0 Å². The maximum atomic E-state index is 8.01. The molecule has 0 atom stereocenters. The van der Waals surface area contributed by atoms with Gasteiger partial charge >= 0.3 is 0 Å². The quantitative estimate of drug-likeness (QED) is 0.209. The molecule has 0 fully saturated rings. The maximum absolute atomic E-state index is 8.01. The van der Waals surface area contributed by atoms with E-state index in [1.807, 2.05) is 0 Å². The molecular formula is C4H4N4. The Morgan fingerprint density at radius 1 is 1.50 bits per heavy atom. The van der Waals surface area contributed by atoms with Gasteiger partial charge in [-0.2, -0.15) is 15.4 Å². The molecule has 0 radical (unpaired) electrons. The van der Waals surface area contributed by atoms with Crippen LogP contribution in [0.2, 0.25) is 0 Å². The van der Waals surface area contributed by atoms with E-state index in [-0.39, 0.29) is 5.84 Å². The standard InChI is InChI=1S/C4H4N4/c1-4(7)8(2-5)3-6/h7H,1H3. The lowest BCUT2D eigenvalue weighted by molar-refractivity contribution is 0.790. The van der Waals surface area contributed by atoms with E-state index in [0.717, 1.165) is 0 Å². The number of hydrogen-bond donors (Lipinski definition) is 1. The van der Waals surface area contributed by atoms with Crippen LogP contribution < -0.4 is 0 Å². The van der Waals surface area contributed by atoms with E-state index in [1.54, 1.807) is 0 Å². The van der Waals surface area contributed by atoms with Gasteiger partial charge in [0.05, 0.1) is 0 Å². The molecule has 0 rings (SSSR count). The molecule has 0 aromatic rings. The summed E-state index contributed by atoms with van der Waals surface area (Å²) >= 11 is 0. The first-order chi connectivity index (χ1) is 3.72. The molecule has 0 heterocycles. The smallest absolute Gasteiger partial charge is 0.200 e. The molecule has 40 valence electrons. The van der Waals surface area contributed by atoms with Crippen LogP contribution >= 0.6 is 0 Å². The van der Waals surface area contributed by atoms with Gasteiger partial charge in [-0.15, -0.1) is 0 Å². The molecule has 0 aliphatic rings. The summed E-state index contributed by atoms with van der Waals surface area (Å²) < 4.78 is 0. The van der Waals surface area contributed by atoms with Crippen LogP contribution in [0.15, 0.2) is 0 Å². The van der Waals surface area contributed by atoms with Gasteiger partial charge in [0.25, 0.3) is 0 Å². The third-order valence-corrected chi connectivity index (χ3v) is 0.535. The predicted octanol–water partition coefficient (Wildman–Crippen LogP) is 0.248. The molecule has 0 unspecified atom stereocenters. The minimum Gasteiger partial charge on any atom is -0.287 e. The van der Waals surface area contributed by atoms with Gasteiger partial charge in [0.1, 0.15) is 5.84 Å². The summed E-state index contributed by atoms with van der Waals surface area (Å²) in [5.74, 6) is -0.0602. The summed E-state index contributed by atoms with van der Waals surface area (Å²) in [5, 5.41) is 22.8. The molecule has 0 aromatic heterocycles. The molecule has 0 saturated carbocycles. The predicted molar refractivity (Wildman–Crippen MR) is 26.5 cm³/mol. The summed E-state index contributed by atoms with van der Waals surface area (Å²) in [5.41, 5.74) is 0. The van der Waals surface area contributed by atoms with Gasteiger partial charge in [0.15, 0.2) is 12.4 Å². The molecule has 0 aromatic carbocycles. The zero-order chi connectivity index (χ0) is 6.57. The van der Waals surface area contributed by atoms with Gasteiger partial charge in [-0.25, -0.2) is 0 Å². The van der Waals surface area contributed by atoms with Gasteiger partial charge < -0.3 is 0 Å². The van der Waals surface area contributed by atoms with Gasteiger partial charge in [-0.05, 0) is 6.92 Å². The Bertz CT molecular complexity index is 155. The third-order valence-electron chi connectivity index (χ3n) is 0.535. The van der Waals surface area contributed by atoms with Crippen LogP contribution in [0.5, 0.6) is 0 Å². The topological polar surface area (TPSA) is 74.7 Å². The van der Waals surface area contributed by atoms with Crippen molar-refractivity contribution < 1.29 is 0 Å². The molecule has 0 amide bonds. The second-order valence-corrected chi connectivity index (χ2v) is 1.12. The second kappa shape index (κ2) is 2.59. The van der Waals surface area contributed by atoms with E-state index in [2.05, 4.69) is 0 Å². The SMILES string of the molecule is CC(=N)N(C#N)C#N. The normalized spacial score (nSPS) is 6.38. The van der Waals surface area contributed by atoms with Crippen molar-refractivity contribution >= 4 is 5.84 Å². The van der Waals surface area contributed by atoms with E-state index in [1.165, 1.54) is 19.3 Å². The van der Waals surface area contributed by atoms with E-state index in [9.17, 15) is 0 Å². The fourth-order valence-corrected chi connectivity index (χ4v) is 0.172. The lowest BCUT2D eigenvalue weighted by atomic mass is 10.6. The van der Waals surface area contributed by atoms with Crippen LogP contribution in [0.1, 0.15) is 6.92 Å². The molecule has 0 bridgehead atoms. The molecule has 0 aliphatic heterocycles. The molecule has 8 heavy (non-hydrogen) atoms. The molecule has 0 saturated heterocycles. The summed E-state index contributed by atoms with van der Waals surface area (Å²) in [7, 11) is 0. The molecule has 4 heteroatoms. The van der Waals surface area contributed by atoms with Gasteiger partial charge in [-0.3, -0.25) is 5.41 Å². The Morgan fingerprint density at radius 3 is 1.88 bits per heavy atom. The first-order valence-corrected chi connectivity index (χ1v) is 1.87. The van der Waals surface area contributed by atoms with E-state index in [4.69, 9.17) is 15.9 Å². The lowest BCUT2D eigenvalue weighted by Gasteiger charge is -1.96. The summed E-state index contributed by atoms with van der Waals surface area (Å²) in [4.78, 5) is 0.611. The van der Waals surface area contributed by atoms with Crippen molar-refractivity contribution in [3.63, 3.8) is 0 Å². The van der Waals surface area contributed by atoms with Crippen LogP contribution in [0, 0.1) is 28.3 Å². The monoisotopic (exact) mass is 108 g/mol. The van der Waals surface area contributed by atoms with Gasteiger partial charge in [0.2, 0.25) is 0 Å². The van der Waals surface area contributed by atoms with E-state index >= 15 is 0 Å². The van der Waals surface area contributed by atoms with Crippen molar-refractivity contribution in [2.24, 2.45) is 0 Å². The van der Waals surface area contributed by atoms with Crippen molar-refractivity contribution in [1.82, 2.24) is 4.90 Å². The number of nitriles is 2. The molecule has 0 spiro atoms. The summed E-state index contributed by atoms with van der Waals surface area (Å²) in [6.45, 7) is 1.37. The van der Waals surface area contributed by atoms with Crippen LogP contribution in [-0.4, -0.2) is 10.7 Å². The lowest BCUT2D eigenvalue weighted by Crippen LogP contribution is -2.15. The van der Waals surface area contributed by atoms with Crippen LogP contribution in [0.3, 0.4) is 0 Å². The van der Waals surface area contributed by atoms with Crippen molar-refractivity contribution in [3.8, 4) is 12.4 Å². The van der Waals surface area contributed by atoms with Crippen molar-refractivity contribution in [3.05, 3.63) is 0 Å². The van der Waals surface area contributed by atoms with Crippen molar-refractivity contribution in [2.45, 2.75) is 6.92 Å².